The van der Waals surface area contributed by atoms with Gasteiger partial charge in [0, 0.05) is 12.5 Å². The standard InChI is InChI=1S/C13H16Cl2N2O/c1-17-7-3-4-9(17)8-12(18)16-11-6-2-5-10(14)13(11)15/h2,5-6,9H,3-4,7-8H2,1H3,(H,16,18). The molecule has 1 aromatic rings. The van der Waals surface area contributed by atoms with E-state index in [0.717, 1.165) is 19.4 Å². The second-order valence-electron chi connectivity index (χ2n) is 4.63. The lowest BCUT2D eigenvalue weighted by Crippen LogP contribution is -2.29. The Hall–Kier alpha value is -0.770. The van der Waals surface area contributed by atoms with Gasteiger partial charge in [-0.1, -0.05) is 29.3 Å². The van der Waals surface area contributed by atoms with E-state index in [9.17, 15) is 4.79 Å². The number of benzene rings is 1. The van der Waals surface area contributed by atoms with Crippen molar-refractivity contribution in [3.8, 4) is 0 Å². The summed E-state index contributed by atoms with van der Waals surface area (Å²) < 4.78 is 0. The molecule has 18 heavy (non-hydrogen) atoms. The smallest absolute Gasteiger partial charge is 0.225 e. The van der Waals surface area contributed by atoms with Crippen molar-refractivity contribution in [1.29, 1.82) is 0 Å². The zero-order valence-electron chi connectivity index (χ0n) is 10.2. The third-order valence-corrected chi connectivity index (χ3v) is 4.14. The van der Waals surface area contributed by atoms with E-state index in [2.05, 4.69) is 17.3 Å². The molecule has 1 unspecified atom stereocenters. The summed E-state index contributed by atoms with van der Waals surface area (Å²) in [4.78, 5) is 14.2. The minimum absolute atomic E-state index is 0.0158. The van der Waals surface area contributed by atoms with E-state index >= 15 is 0 Å². The number of anilines is 1. The number of carbonyl (C=O) groups is 1. The number of halogens is 2. The minimum atomic E-state index is -0.0158. The Labute approximate surface area is 117 Å². The Morgan fingerprint density at radius 1 is 1.50 bits per heavy atom. The zero-order chi connectivity index (χ0) is 13.1. The molecule has 0 bridgehead atoms. The number of nitrogens with zero attached hydrogens (tertiary/aromatic N) is 1. The van der Waals surface area contributed by atoms with Crippen LogP contribution >= 0.6 is 23.2 Å². The lowest BCUT2D eigenvalue weighted by atomic mass is 10.1. The molecule has 5 heteroatoms. The van der Waals surface area contributed by atoms with Gasteiger partial charge >= 0.3 is 0 Å². The Morgan fingerprint density at radius 2 is 2.28 bits per heavy atom. The third kappa shape index (κ3) is 3.16. The van der Waals surface area contributed by atoms with Crippen LogP contribution in [0.5, 0.6) is 0 Å². The summed E-state index contributed by atoms with van der Waals surface area (Å²) in [5, 5.41) is 3.66. The average Bonchev–Trinajstić information content (AvgIpc) is 2.71. The number of hydrogen-bond acceptors (Lipinski definition) is 2. The molecule has 1 saturated heterocycles. The van der Waals surface area contributed by atoms with Crippen molar-refractivity contribution in [2.75, 3.05) is 18.9 Å². The number of rotatable bonds is 3. The minimum Gasteiger partial charge on any atom is -0.325 e. The molecule has 1 fully saturated rings. The predicted octanol–water partition coefficient (Wildman–Crippen LogP) is 3.42. The molecule has 1 N–H and O–H groups in total. The van der Waals surface area contributed by atoms with Crippen molar-refractivity contribution >= 4 is 34.8 Å². The number of amides is 1. The van der Waals surface area contributed by atoms with E-state index in [4.69, 9.17) is 23.2 Å². The monoisotopic (exact) mass is 286 g/mol. The number of nitrogens with one attached hydrogen (secondary N) is 1. The first-order valence-corrected chi connectivity index (χ1v) is 6.77. The van der Waals surface area contributed by atoms with Crippen LogP contribution in [0.4, 0.5) is 5.69 Å². The first-order chi connectivity index (χ1) is 8.58. The summed E-state index contributed by atoms with van der Waals surface area (Å²) in [5.74, 6) is -0.0158. The number of likely N-dealkylation sites (tertiary alicyclic amines) is 1. The van der Waals surface area contributed by atoms with Crippen LogP contribution in [0.15, 0.2) is 18.2 Å². The van der Waals surface area contributed by atoms with Gasteiger partial charge in [-0.05, 0) is 38.6 Å². The normalized spacial score (nSPS) is 20.1. The Morgan fingerprint density at radius 3 is 2.94 bits per heavy atom. The summed E-state index contributed by atoms with van der Waals surface area (Å²) in [6.45, 7) is 1.07. The van der Waals surface area contributed by atoms with E-state index in [1.165, 1.54) is 0 Å². The van der Waals surface area contributed by atoms with Gasteiger partial charge in [-0.15, -0.1) is 0 Å². The highest BCUT2D eigenvalue weighted by Gasteiger charge is 2.23. The molecule has 1 atom stereocenters. The highest BCUT2D eigenvalue weighted by molar-refractivity contribution is 6.43. The number of carbonyl (C=O) groups excluding carboxylic acids is 1. The van der Waals surface area contributed by atoms with E-state index in [1.807, 2.05) is 0 Å². The molecule has 0 aliphatic carbocycles. The molecule has 0 aromatic heterocycles. The fourth-order valence-corrected chi connectivity index (χ4v) is 2.60. The first-order valence-electron chi connectivity index (χ1n) is 6.02. The summed E-state index contributed by atoms with van der Waals surface area (Å²) in [6.07, 6.45) is 2.74. The maximum absolute atomic E-state index is 11.9. The highest BCUT2D eigenvalue weighted by Crippen LogP contribution is 2.29. The van der Waals surface area contributed by atoms with E-state index in [0.29, 0.717) is 28.2 Å². The largest absolute Gasteiger partial charge is 0.325 e. The lowest BCUT2D eigenvalue weighted by Gasteiger charge is -2.18. The van der Waals surface area contributed by atoms with Crippen LogP contribution in [0.1, 0.15) is 19.3 Å². The van der Waals surface area contributed by atoms with Gasteiger partial charge in [-0.3, -0.25) is 4.79 Å². The van der Waals surface area contributed by atoms with Crippen LogP contribution in [0, 0.1) is 0 Å². The molecular weight excluding hydrogens is 271 g/mol. The summed E-state index contributed by atoms with van der Waals surface area (Å²) in [5.41, 5.74) is 0.579. The molecule has 1 aromatic carbocycles. The van der Waals surface area contributed by atoms with Crippen LogP contribution in [-0.2, 0) is 4.79 Å². The molecule has 1 aliphatic rings. The maximum Gasteiger partial charge on any atom is 0.225 e. The van der Waals surface area contributed by atoms with Gasteiger partial charge in [0.25, 0.3) is 0 Å². The topological polar surface area (TPSA) is 32.3 Å². The molecule has 1 heterocycles. The van der Waals surface area contributed by atoms with Crippen molar-refractivity contribution < 1.29 is 4.79 Å². The molecule has 3 nitrogen and oxygen atoms in total. The average molecular weight is 287 g/mol. The van der Waals surface area contributed by atoms with Crippen molar-refractivity contribution in [2.45, 2.75) is 25.3 Å². The number of hydrogen-bond donors (Lipinski definition) is 1. The lowest BCUT2D eigenvalue weighted by molar-refractivity contribution is -0.117. The third-order valence-electron chi connectivity index (χ3n) is 3.32. The molecule has 2 rings (SSSR count). The van der Waals surface area contributed by atoms with Crippen LogP contribution in [0.3, 0.4) is 0 Å². The zero-order valence-corrected chi connectivity index (χ0v) is 11.8. The predicted molar refractivity (Wildman–Crippen MR) is 75.4 cm³/mol. The van der Waals surface area contributed by atoms with Crippen LogP contribution in [-0.4, -0.2) is 30.4 Å². The molecule has 98 valence electrons. The Bertz CT molecular complexity index is 451. The van der Waals surface area contributed by atoms with Crippen LogP contribution in [0.25, 0.3) is 0 Å². The van der Waals surface area contributed by atoms with E-state index in [1.54, 1.807) is 18.2 Å². The Balaban J connectivity index is 1.97. The van der Waals surface area contributed by atoms with Crippen molar-refractivity contribution in [3.63, 3.8) is 0 Å². The van der Waals surface area contributed by atoms with E-state index in [-0.39, 0.29) is 5.91 Å². The van der Waals surface area contributed by atoms with Gasteiger partial charge in [0.15, 0.2) is 0 Å². The maximum atomic E-state index is 11.9. The van der Waals surface area contributed by atoms with Gasteiger partial charge in [0.2, 0.25) is 5.91 Å². The fraction of sp³-hybridized carbons (Fsp3) is 0.462. The van der Waals surface area contributed by atoms with Crippen LogP contribution < -0.4 is 5.32 Å². The van der Waals surface area contributed by atoms with Crippen molar-refractivity contribution in [2.24, 2.45) is 0 Å². The van der Waals surface area contributed by atoms with Crippen molar-refractivity contribution in [3.05, 3.63) is 28.2 Å². The van der Waals surface area contributed by atoms with Gasteiger partial charge in [-0.25, -0.2) is 0 Å². The second kappa shape index (κ2) is 5.91. The molecule has 1 amide bonds. The van der Waals surface area contributed by atoms with Gasteiger partial charge < -0.3 is 10.2 Å². The van der Waals surface area contributed by atoms with Crippen LogP contribution in [0.2, 0.25) is 10.0 Å². The molecule has 0 radical (unpaired) electrons. The summed E-state index contributed by atoms with van der Waals surface area (Å²) in [7, 11) is 2.05. The molecule has 1 aliphatic heterocycles. The van der Waals surface area contributed by atoms with E-state index < -0.39 is 0 Å². The van der Waals surface area contributed by atoms with Gasteiger partial charge in [0.1, 0.15) is 0 Å². The summed E-state index contributed by atoms with van der Waals surface area (Å²) >= 11 is 11.9. The molecule has 0 spiro atoms. The SMILES string of the molecule is CN1CCCC1CC(=O)Nc1cccc(Cl)c1Cl. The Kier molecular flexibility index (Phi) is 4.49. The quantitative estimate of drug-likeness (QED) is 0.924. The molecule has 0 saturated carbocycles. The summed E-state index contributed by atoms with van der Waals surface area (Å²) in [6, 6.07) is 5.56. The molecular formula is C13H16Cl2N2O. The van der Waals surface area contributed by atoms with Gasteiger partial charge in [0.05, 0.1) is 15.7 Å². The first kappa shape index (κ1) is 13.7. The fourth-order valence-electron chi connectivity index (χ4n) is 2.25. The van der Waals surface area contributed by atoms with Gasteiger partial charge in [-0.2, -0.15) is 0 Å². The second-order valence-corrected chi connectivity index (χ2v) is 5.42. The highest BCUT2D eigenvalue weighted by atomic mass is 35.5. The van der Waals surface area contributed by atoms with Crippen molar-refractivity contribution in [1.82, 2.24) is 4.90 Å².